The van der Waals surface area contributed by atoms with Crippen molar-refractivity contribution in [2.24, 2.45) is 0 Å². The van der Waals surface area contributed by atoms with Crippen molar-refractivity contribution in [1.29, 1.82) is 0 Å². The van der Waals surface area contributed by atoms with E-state index in [1.807, 2.05) is 6.20 Å². The van der Waals surface area contributed by atoms with Crippen LogP contribution < -0.4 is 0 Å². The summed E-state index contributed by atoms with van der Waals surface area (Å²) in [5.74, 6) is 1.11. The molecule has 1 heterocycles. The fourth-order valence-corrected chi connectivity index (χ4v) is 3.65. The monoisotopic (exact) mass is 313 g/mol. The summed E-state index contributed by atoms with van der Waals surface area (Å²) in [6.45, 7) is 6.36. The van der Waals surface area contributed by atoms with Gasteiger partial charge in [-0.2, -0.15) is 0 Å². The highest BCUT2D eigenvalue weighted by Gasteiger charge is 2.28. The highest BCUT2D eigenvalue weighted by atomic mass is 16.3. The molecule has 1 aromatic carbocycles. The van der Waals surface area contributed by atoms with Gasteiger partial charge in [0.15, 0.2) is 0 Å². The molecule has 124 valence electrons. The Kier molecular flexibility index (Phi) is 5.13. The number of rotatable bonds is 7. The van der Waals surface area contributed by atoms with Crippen molar-refractivity contribution in [1.82, 2.24) is 14.5 Å². The van der Waals surface area contributed by atoms with Gasteiger partial charge in [-0.3, -0.25) is 4.90 Å². The minimum absolute atomic E-state index is 0.240. The molecule has 1 N–H and O–H groups in total. The van der Waals surface area contributed by atoms with Gasteiger partial charge < -0.3 is 9.67 Å². The maximum absolute atomic E-state index is 9.27. The van der Waals surface area contributed by atoms with Crippen molar-refractivity contribution in [2.75, 3.05) is 13.2 Å². The van der Waals surface area contributed by atoms with E-state index in [1.165, 1.54) is 11.1 Å². The molecule has 4 heteroatoms. The number of nitrogens with zero attached hydrogens (tertiary/aromatic N) is 3. The molecule has 0 fully saturated rings. The minimum atomic E-state index is 0.240. The van der Waals surface area contributed by atoms with E-state index in [2.05, 4.69) is 58.8 Å². The standard InChI is InChI=1S/C19H27N3O/c1-15(2)22-12-10-20-19(22)14-21(11-5-13-23)18-9-8-16-6-3-4-7-17(16)18/h3-4,6-7,10,12,15,18,23H,5,8-9,11,13-14H2,1-2H3. The summed E-state index contributed by atoms with van der Waals surface area (Å²) in [6, 6.07) is 9.63. The lowest BCUT2D eigenvalue weighted by molar-refractivity contribution is 0.159. The zero-order chi connectivity index (χ0) is 16.2. The third kappa shape index (κ3) is 3.48. The van der Waals surface area contributed by atoms with Crippen LogP contribution in [-0.2, 0) is 13.0 Å². The zero-order valence-electron chi connectivity index (χ0n) is 14.2. The molecule has 3 rings (SSSR count). The van der Waals surface area contributed by atoms with E-state index in [-0.39, 0.29) is 6.61 Å². The van der Waals surface area contributed by atoms with E-state index in [1.54, 1.807) is 0 Å². The maximum Gasteiger partial charge on any atom is 0.123 e. The van der Waals surface area contributed by atoms with Crippen LogP contribution in [0.25, 0.3) is 0 Å². The smallest absolute Gasteiger partial charge is 0.123 e. The molecule has 1 aromatic heterocycles. The molecule has 2 aromatic rings. The van der Waals surface area contributed by atoms with Crippen molar-refractivity contribution in [3.63, 3.8) is 0 Å². The summed E-state index contributed by atoms with van der Waals surface area (Å²) >= 11 is 0. The van der Waals surface area contributed by atoms with Gasteiger partial charge >= 0.3 is 0 Å². The largest absolute Gasteiger partial charge is 0.396 e. The van der Waals surface area contributed by atoms with Crippen LogP contribution in [0.1, 0.15) is 55.7 Å². The Balaban J connectivity index is 1.83. The predicted octanol–water partition coefficient (Wildman–Crippen LogP) is 3.34. The quantitative estimate of drug-likeness (QED) is 0.852. The van der Waals surface area contributed by atoms with Crippen molar-refractivity contribution in [3.8, 4) is 0 Å². The van der Waals surface area contributed by atoms with Crippen molar-refractivity contribution < 1.29 is 5.11 Å². The molecule has 1 aliphatic rings. The molecule has 1 aliphatic carbocycles. The molecule has 0 radical (unpaired) electrons. The topological polar surface area (TPSA) is 41.3 Å². The van der Waals surface area contributed by atoms with Gasteiger partial charge in [0.1, 0.15) is 5.82 Å². The zero-order valence-corrected chi connectivity index (χ0v) is 14.2. The number of fused-ring (bicyclic) bond motifs is 1. The lowest BCUT2D eigenvalue weighted by Gasteiger charge is -2.29. The van der Waals surface area contributed by atoms with Crippen molar-refractivity contribution in [3.05, 3.63) is 53.6 Å². The summed E-state index contributed by atoms with van der Waals surface area (Å²) in [5.41, 5.74) is 2.92. The number of aliphatic hydroxyl groups is 1. The third-order valence-electron chi connectivity index (χ3n) is 4.80. The van der Waals surface area contributed by atoms with Crippen molar-refractivity contribution >= 4 is 0 Å². The maximum atomic E-state index is 9.27. The molecule has 23 heavy (non-hydrogen) atoms. The van der Waals surface area contributed by atoms with E-state index in [0.29, 0.717) is 12.1 Å². The highest BCUT2D eigenvalue weighted by Crippen LogP contribution is 2.36. The van der Waals surface area contributed by atoms with Crippen LogP contribution >= 0.6 is 0 Å². The Morgan fingerprint density at radius 2 is 2.17 bits per heavy atom. The Morgan fingerprint density at radius 3 is 2.96 bits per heavy atom. The Bertz CT molecular complexity index is 635. The Morgan fingerprint density at radius 1 is 1.35 bits per heavy atom. The molecule has 0 aliphatic heterocycles. The molecule has 0 spiro atoms. The van der Waals surface area contributed by atoms with Gasteiger partial charge in [-0.15, -0.1) is 0 Å². The predicted molar refractivity (Wildman–Crippen MR) is 92.2 cm³/mol. The molecular weight excluding hydrogens is 286 g/mol. The van der Waals surface area contributed by atoms with Crippen LogP contribution in [0.15, 0.2) is 36.7 Å². The van der Waals surface area contributed by atoms with Crippen LogP contribution in [-0.4, -0.2) is 32.7 Å². The molecule has 0 saturated heterocycles. The van der Waals surface area contributed by atoms with Gasteiger partial charge in [-0.1, -0.05) is 24.3 Å². The molecule has 0 saturated carbocycles. The first-order valence-corrected chi connectivity index (χ1v) is 8.65. The fourth-order valence-electron chi connectivity index (χ4n) is 3.65. The normalized spacial score (nSPS) is 17.2. The first-order valence-electron chi connectivity index (χ1n) is 8.65. The van der Waals surface area contributed by atoms with E-state index in [4.69, 9.17) is 0 Å². The summed E-state index contributed by atoms with van der Waals surface area (Å²) in [6.07, 6.45) is 7.07. The number of imidazole rings is 1. The SMILES string of the molecule is CC(C)n1ccnc1CN(CCCO)C1CCc2ccccc21. The van der Waals surface area contributed by atoms with Gasteiger partial charge in [0.2, 0.25) is 0 Å². The highest BCUT2D eigenvalue weighted by molar-refractivity contribution is 5.34. The lowest BCUT2D eigenvalue weighted by Crippen LogP contribution is -2.30. The second-order valence-corrected chi connectivity index (χ2v) is 6.65. The van der Waals surface area contributed by atoms with E-state index >= 15 is 0 Å². The van der Waals surface area contributed by atoms with Gasteiger partial charge in [0.05, 0.1) is 6.54 Å². The van der Waals surface area contributed by atoms with Gasteiger partial charge in [0.25, 0.3) is 0 Å². The summed E-state index contributed by atoms with van der Waals surface area (Å²) < 4.78 is 2.24. The van der Waals surface area contributed by atoms with Crippen LogP contribution in [0.3, 0.4) is 0 Å². The second kappa shape index (κ2) is 7.28. The average Bonchev–Trinajstić information content (AvgIpc) is 3.18. The number of aromatic nitrogens is 2. The number of benzene rings is 1. The number of aryl methyl sites for hydroxylation is 1. The van der Waals surface area contributed by atoms with E-state index in [9.17, 15) is 5.11 Å². The number of hydrogen-bond donors (Lipinski definition) is 1. The van der Waals surface area contributed by atoms with Gasteiger partial charge in [-0.25, -0.2) is 4.98 Å². The number of aliphatic hydroxyl groups excluding tert-OH is 1. The molecule has 0 bridgehead atoms. The van der Waals surface area contributed by atoms with Gasteiger partial charge in [-0.05, 0) is 44.2 Å². The number of hydrogen-bond acceptors (Lipinski definition) is 3. The molecular formula is C19H27N3O. The molecule has 4 nitrogen and oxygen atoms in total. The third-order valence-corrected chi connectivity index (χ3v) is 4.80. The Labute approximate surface area is 138 Å². The minimum Gasteiger partial charge on any atom is -0.396 e. The van der Waals surface area contributed by atoms with Crippen molar-refractivity contribution in [2.45, 2.75) is 51.7 Å². The van der Waals surface area contributed by atoms with E-state index < -0.39 is 0 Å². The van der Waals surface area contributed by atoms with E-state index in [0.717, 1.165) is 38.2 Å². The van der Waals surface area contributed by atoms with Gasteiger partial charge in [0, 0.05) is 37.6 Å². The second-order valence-electron chi connectivity index (χ2n) is 6.65. The van der Waals surface area contributed by atoms with Crippen LogP contribution in [0, 0.1) is 0 Å². The first kappa shape index (κ1) is 16.2. The summed E-state index contributed by atoms with van der Waals surface area (Å²) in [5, 5.41) is 9.27. The fraction of sp³-hybridized carbons (Fsp3) is 0.526. The lowest BCUT2D eigenvalue weighted by atomic mass is 10.1. The Hall–Kier alpha value is -1.65. The first-order chi connectivity index (χ1) is 11.2. The van der Waals surface area contributed by atoms with Crippen LogP contribution in [0.2, 0.25) is 0 Å². The summed E-state index contributed by atoms with van der Waals surface area (Å²) in [7, 11) is 0. The summed E-state index contributed by atoms with van der Waals surface area (Å²) in [4.78, 5) is 7.06. The van der Waals surface area contributed by atoms with Crippen LogP contribution in [0.5, 0.6) is 0 Å². The van der Waals surface area contributed by atoms with Crippen LogP contribution in [0.4, 0.5) is 0 Å². The molecule has 1 unspecified atom stereocenters. The average molecular weight is 313 g/mol. The molecule has 1 atom stereocenters. The molecule has 0 amide bonds.